The largest absolute Gasteiger partial charge is 0.461 e. The van der Waals surface area contributed by atoms with E-state index in [9.17, 15) is 14.4 Å². The van der Waals surface area contributed by atoms with Crippen LogP contribution in [0.3, 0.4) is 0 Å². The van der Waals surface area contributed by atoms with E-state index in [1.165, 1.54) is 57.8 Å². The molecule has 1 amide bonds. The molecule has 194 valence electrons. The summed E-state index contributed by atoms with van der Waals surface area (Å²) < 4.78 is 9.94. The highest BCUT2D eigenvalue weighted by molar-refractivity contribution is 5.81. The summed E-state index contributed by atoms with van der Waals surface area (Å²) in [6.07, 6.45) is 23.0. The molecule has 0 radical (unpaired) electrons. The Balaban J connectivity index is 3.93. The highest BCUT2D eigenvalue weighted by atomic mass is 16.5. The van der Waals surface area contributed by atoms with Crippen molar-refractivity contribution in [2.45, 2.75) is 96.8 Å². The molecule has 0 aromatic rings. The van der Waals surface area contributed by atoms with Gasteiger partial charge in [0.1, 0.15) is 13.2 Å². The van der Waals surface area contributed by atoms with Gasteiger partial charge in [0.2, 0.25) is 5.91 Å². The van der Waals surface area contributed by atoms with E-state index in [2.05, 4.69) is 32.2 Å². The van der Waals surface area contributed by atoms with Gasteiger partial charge >= 0.3 is 11.9 Å². The zero-order valence-electron chi connectivity index (χ0n) is 21.4. The zero-order chi connectivity index (χ0) is 25.3. The van der Waals surface area contributed by atoms with Gasteiger partial charge in [0.05, 0.1) is 13.1 Å². The van der Waals surface area contributed by atoms with Crippen LogP contribution in [0.4, 0.5) is 0 Å². The standard InChI is InChI=1S/C28H47NO5/c1-4-7-8-9-10-11-12-13-14-15-16-17-18-19-20-21-26(30)29(22-24-33-27(31)5-2)23-25-34-28(32)6-3/h5-6,13-14H,2-4,7-12,15-25H2,1H3/b14-13-. The Morgan fingerprint density at radius 2 is 1.12 bits per heavy atom. The van der Waals surface area contributed by atoms with Crippen molar-refractivity contribution >= 4 is 17.8 Å². The minimum absolute atomic E-state index is 0.0260. The summed E-state index contributed by atoms with van der Waals surface area (Å²) >= 11 is 0. The van der Waals surface area contributed by atoms with Crippen LogP contribution in [-0.2, 0) is 23.9 Å². The number of allylic oxidation sites excluding steroid dienone is 2. The quantitative estimate of drug-likeness (QED) is 0.0746. The first-order valence-electron chi connectivity index (χ1n) is 13.1. The van der Waals surface area contributed by atoms with Gasteiger partial charge in [-0.05, 0) is 32.1 Å². The smallest absolute Gasteiger partial charge is 0.330 e. The van der Waals surface area contributed by atoms with Crippen LogP contribution in [0, 0.1) is 0 Å². The van der Waals surface area contributed by atoms with Crippen LogP contribution in [0.25, 0.3) is 0 Å². The molecule has 0 unspecified atom stereocenters. The van der Waals surface area contributed by atoms with Crippen molar-refractivity contribution in [2.75, 3.05) is 26.3 Å². The molecule has 0 rings (SSSR count). The van der Waals surface area contributed by atoms with E-state index < -0.39 is 11.9 Å². The average Bonchev–Trinajstić information content (AvgIpc) is 2.84. The lowest BCUT2D eigenvalue weighted by Crippen LogP contribution is -2.37. The van der Waals surface area contributed by atoms with Gasteiger partial charge in [-0.1, -0.05) is 83.6 Å². The third-order valence-electron chi connectivity index (χ3n) is 5.55. The number of hydrogen-bond acceptors (Lipinski definition) is 5. The molecule has 0 fully saturated rings. The summed E-state index contributed by atoms with van der Waals surface area (Å²) in [6.45, 7) is 9.63. The normalized spacial score (nSPS) is 10.7. The van der Waals surface area contributed by atoms with Gasteiger partial charge in [-0.2, -0.15) is 0 Å². The van der Waals surface area contributed by atoms with Gasteiger partial charge in [0, 0.05) is 18.6 Å². The van der Waals surface area contributed by atoms with Gasteiger partial charge in [0.15, 0.2) is 0 Å². The number of ether oxygens (including phenoxy) is 2. The monoisotopic (exact) mass is 477 g/mol. The summed E-state index contributed by atoms with van der Waals surface area (Å²) in [6, 6.07) is 0. The van der Waals surface area contributed by atoms with Crippen molar-refractivity contribution in [1.29, 1.82) is 0 Å². The van der Waals surface area contributed by atoms with Gasteiger partial charge in [-0.3, -0.25) is 4.79 Å². The lowest BCUT2D eigenvalue weighted by molar-refractivity contribution is -0.143. The highest BCUT2D eigenvalue weighted by Gasteiger charge is 2.14. The van der Waals surface area contributed by atoms with E-state index in [0.717, 1.165) is 37.8 Å². The molecule has 0 spiro atoms. The van der Waals surface area contributed by atoms with E-state index in [-0.39, 0.29) is 32.2 Å². The maximum absolute atomic E-state index is 12.6. The zero-order valence-corrected chi connectivity index (χ0v) is 21.4. The maximum atomic E-state index is 12.6. The number of carbonyl (C=O) groups is 3. The van der Waals surface area contributed by atoms with Crippen LogP contribution in [0.5, 0.6) is 0 Å². The molecule has 0 bridgehead atoms. The number of rotatable bonds is 23. The van der Waals surface area contributed by atoms with E-state index >= 15 is 0 Å². The Morgan fingerprint density at radius 1 is 0.676 bits per heavy atom. The van der Waals surface area contributed by atoms with Crippen LogP contribution in [0.1, 0.15) is 96.8 Å². The average molecular weight is 478 g/mol. The fourth-order valence-electron chi connectivity index (χ4n) is 3.50. The van der Waals surface area contributed by atoms with Gasteiger partial charge in [-0.25, -0.2) is 9.59 Å². The first kappa shape index (κ1) is 31.6. The Morgan fingerprint density at radius 3 is 1.59 bits per heavy atom. The highest BCUT2D eigenvalue weighted by Crippen LogP contribution is 2.11. The fourth-order valence-corrected chi connectivity index (χ4v) is 3.50. The Labute approximate surface area is 207 Å². The number of amides is 1. The van der Waals surface area contributed by atoms with E-state index in [4.69, 9.17) is 9.47 Å². The first-order valence-corrected chi connectivity index (χ1v) is 13.1. The molecule has 34 heavy (non-hydrogen) atoms. The van der Waals surface area contributed by atoms with Crippen LogP contribution in [0.2, 0.25) is 0 Å². The van der Waals surface area contributed by atoms with Gasteiger partial charge < -0.3 is 14.4 Å². The molecule has 0 aromatic heterocycles. The molecule has 0 N–H and O–H groups in total. The summed E-state index contributed by atoms with van der Waals surface area (Å²) in [5.41, 5.74) is 0. The van der Waals surface area contributed by atoms with Crippen molar-refractivity contribution in [3.05, 3.63) is 37.5 Å². The van der Waals surface area contributed by atoms with E-state index in [0.29, 0.717) is 6.42 Å². The number of unbranched alkanes of at least 4 members (excludes halogenated alkanes) is 11. The molecule has 0 aromatic carbocycles. The summed E-state index contributed by atoms with van der Waals surface area (Å²) in [7, 11) is 0. The molecule has 0 atom stereocenters. The summed E-state index contributed by atoms with van der Waals surface area (Å²) in [4.78, 5) is 36.5. The maximum Gasteiger partial charge on any atom is 0.330 e. The Hall–Kier alpha value is -2.37. The molecule has 6 heteroatoms. The third kappa shape index (κ3) is 20.3. The Kier molecular flexibility index (Phi) is 22.1. The van der Waals surface area contributed by atoms with Crippen molar-refractivity contribution in [2.24, 2.45) is 0 Å². The van der Waals surface area contributed by atoms with E-state index in [1.807, 2.05) is 0 Å². The first-order chi connectivity index (χ1) is 16.5. The lowest BCUT2D eigenvalue weighted by Gasteiger charge is -2.22. The second-order valence-electron chi connectivity index (χ2n) is 8.46. The van der Waals surface area contributed by atoms with Crippen molar-refractivity contribution in [1.82, 2.24) is 4.90 Å². The predicted molar refractivity (Wildman–Crippen MR) is 138 cm³/mol. The van der Waals surface area contributed by atoms with Gasteiger partial charge in [-0.15, -0.1) is 0 Å². The minimum Gasteiger partial charge on any atom is -0.461 e. The molecule has 0 aliphatic rings. The second-order valence-corrected chi connectivity index (χ2v) is 8.46. The van der Waals surface area contributed by atoms with Crippen LogP contribution in [-0.4, -0.2) is 49.0 Å². The number of carbonyl (C=O) groups excluding carboxylic acids is 3. The van der Waals surface area contributed by atoms with Gasteiger partial charge in [0.25, 0.3) is 0 Å². The van der Waals surface area contributed by atoms with E-state index in [1.54, 1.807) is 4.90 Å². The number of nitrogens with zero attached hydrogens (tertiary/aromatic N) is 1. The SMILES string of the molecule is C=CC(=O)OCCN(CCOC(=O)C=C)C(=O)CCCCCCC/C=C\CCCCCCCC. The van der Waals surface area contributed by atoms with Crippen LogP contribution >= 0.6 is 0 Å². The topological polar surface area (TPSA) is 72.9 Å². The minimum atomic E-state index is -0.525. The molecule has 0 heterocycles. The lowest BCUT2D eigenvalue weighted by atomic mass is 10.1. The van der Waals surface area contributed by atoms with Crippen molar-refractivity contribution < 1.29 is 23.9 Å². The fraction of sp³-hybridized carbons (Fsp3) is 0.679. The second kappa shape index (κ2) is 23.8. The van der Waals surface area contributed by atoms with Crippen molar-refractivity contribution in [3.63, 3.8) is 0 Å². The number of hydrogen-bond donors (Lipinski definition) is 0. The summed E-state index contributed by atoms with van der Waals surface area (Å²) in [5.74, 6) is -1.08. The Bertz CT molecular complexity index is 574. The summed E-state index contributed by atoms with van der Waals surface area (Å²) in [5, 5.41) is 0. The molecule has 0 saturated heterocycles. The van der Waals surface area contributed by atoms with Crippen LogP contribution < -0.4 is 0 Å². The van der Waals surface area contributed by atoms with Crippen LogP contribution in [0.15, 0.2) is 37.5 Å². The van der Waals surface area contributed by atoms with Crippen molar-refractivity contribution in [3.8, 4) is 0 Å². The molecular formula is C28H47NO5. The molecule has 0 aliphatic carbocycles. The molecule has 0 aliphatic heterocycles. The number of esters is 2. The molecule has 6 nitrogen and oxygen atoms in total. The third-order valence-corrected chi connectivity index (χ3v) is 5.55. The molecular weight excluding hydrogens is 430 g/mol. The predicted octanol–water partition coefficient (Wildman–Crippen LogP) is 6.31. The molecule has 0 saturated carbocycles.